The molecule has 0 atom stereocenters. The van der Waals surface area contributed by atoms with Crippen LogP contribution in [0.25, 0.3) is 0 Å². The summed E-state index contributed by atoms with van der Waals surface area (Å²) < 4.78 is 13.5. The van der Waals surface area contributed by atoms with Crippen molar-refractivity contribution in [1.82, 2.24) is 0 Å². The van der Waals surface area contributed by atoms with E-state index in [4.69, 9.17) is 11.8 Å². The lowest BCUT2D eigenvalue weighted by molar-refractivity contribution is 0.538. The summed E-state index contributed by atoms with van der Waals surface area (Å²) >= 11 is 5.46. The van der Waals surface area contributed by atoms with Crippen LogP contribution < -0.4 is 9.54 Å². The Bertz CT molecular complexity index is 336. The van der Waals surface area contributed by atoms with Gasteiger partial charge in [-0.15, -0.1) is 4.64 Å². The molecule has 0 aromatic heterocycles. The third-order valence-corrected chi connectivity index (χ3v) is 3.15. The van der Waals surface area contributed by atoms with E-state index < -0.39 is 0 Å². The average Bonchev–Trinajstić information content (AvgIpc) is 2.39. The molecule has 0 aliphatic rings. The van der Waals surface area contributed by atoms with E-state index in [-0.39, 0.29) is 4.64 Å². The monoisotopic (exact) mass is 272 g/mol. The highest BCUT2D eigenvalue weighted by atomic mass is 35.5. The van der Waals surface area contributed by atoms with Gasteiger partial charge in [-0.05, 0) is 25.0 Å². The molecule has 2 nitrogen and oxygen atoms in total. The maximum Gasteiger partial charge on any atom is 0.111 e. The zero-order valence-electron chi connectivity index (χ0n) is 11.2. The van der Waals surface area contributed by atoms with Crippen LogP contribution in [0.15, 0.2) is 24.3 Å². The molecule has 1 rings (SSSR count). The van der Waals surface area contributed by atoms with Gasteiger partial charge in [0.15, 0.2) is 0 Å². The van der Waals surface area contributed by atoms with Gasteiger partial charge >= 0.3 is 0 Å². The van der Waals surface area contributed by atoms with Gasteiger partial charge in [-0.2, -0.15) is 0 Å². The Morgan fingerprint density at radius 1 is 1.00 bits per heavy atom. The van der Waals surface area contributed by atoms with Gasteiger partial charge in [0.05, 0.1) is 5.69 Å². The van der Waals surface area contributed by atoms with E-state index in [0.29, 0.717) is 5.69 Å². The fourth-order valence-electron chi connectivity index (χ4n) is 1.93. The van der Waals surface area contributed by atoms with E-state index in [1.165, 1.54) is 0 Å². The minimum absolute atomic E-state index is 0.181. The number of hydrogen-bond donors (Lipinski definition) is 0. The predicted octanol–water partition coefficient (Wildman–Crippen LogP) is 4.94. The molecule has 0 radical (unpaired) electrons. The molecule has 0 heterocycles. The van der Waals surface area contributed by atoms with Crippen molar-refractivity contribution in [3.63, 3.8) is 0 Å². The fraction of sp³-hybridized carbons (Fsp3) is 0.571. The molecule has 0 spiro atoms. The lowest BCUT2D eigenvalue weighted by Crippen LogP contribution is -2.26. The van der Waals surface area contributed by atoms with Crippen LogP contribution in [0.2, 0.25) is 0 Å². The Morgan fingerprint density at radius 2 is 1.50 bits per heavy atom. The Morgan fingerprint density at radius 3 is 1.94 bits per heavy atom. The summed E-state index contributed by atoms with van der Waals surface area (Å²) in [6.45, 7) is 6.20. The number of hydrogen-bond acceptors (Lipinski definition) is 2. The van der Waals surface area contributed by atoms with Gasteiger partial charge in [-0.3, -0.25) is 0 Å². The van der Waals surface area contributed by atoms with E-state index in [1.807, 2.05) is 12.1 Å². The summed E-state index contributed by atoms with van der Waals surface area (Å²) in [5, 5.41) is 0. The van der Waals surface area contributed by atoms with Gasteiger partial charge in [-0.1, -0.05) is 43.3 Å². The van der Waals surface area contributed by atoms with Gasteiger partial charge in [0.25, 0.3) is 0 Å². The van der Waals surface area contributed by atoms with Crippen LogP contribution >= 0.6 is 11.8 Å². The van der Waals surface area contributed by atoms with Crippen molar-refractivity contribution >= 4 is 23.2 Å². The van der Waals surface area contributed by atoms with E-state index >= 15 is 0 Å². The molecule has 0 unspecified atom stereocenters. The molecule has 0 amide bonds. The van der Waals surface area contributed by atoms with Crippen molar-refractivity contribution in [3.05, 3.63) is 24.3 Å². The van der Waals surface area contributed by atoms with Gasteiger partial charge in [0.2, 0.25) is 0 Å². The molecule has 102 valence electrons. The van der Waals surface area contributed by atoms with Crippen LogP contribution in [-0.4, -0.2) is 13.1 Å². The second kappa shape index (κ2) is 8.20. The largest absolute Gasteiger partial charge is 0.370 e. The first-order valence-corrected chi connectivity index (χ1v) is 7.00. The van der Waals surface area contributed by atoms with Crippen molar-refractivity contribution < 1.29 is 4.48 Å². The van der Waals surface area contributed by atoms with E-state index in [1.54, 1.807) is 12.1 Å². The van der Waals surface area contributed by atoms with Gasteiger partial charge < -0.3 is 4.90 Å². The molecular weight excluding hydrogens is 251 g/mol. The number of rotatable bonds is 8. The average molecular weight is 273 g/mol. The maximum absolute atomic E-state index is 13.3. The number of halogens is 2. The van der Waals surface area contributed by atoms with Crippen molar-refractivity contribution in [2.75, 3.05) is 22.6 Å². The smallest absolute Gasteiger partial charge is 0.111 e. The van der Waals surface area contributed by atoms with Crippen LogP contribution in [0.5, 0.6) is 0 Å². The zero-order chi connectivity index (χ0) is 13.4. The Balaban J connectivity index is 2.88. The zero-order valence-corrected chi connectivity index (χ0v) is 12.0. The number of nitrogens with zero attached hydrogens (tertiary/aromatic N) is 2. The lowest BCUT2D eigenvalue weighted by Gasteiger charge is -2.27. The van der Waals surface area contributed by atoms with Crippen molar-refractivity contribution in [2.24, 2.45) is 0 Å². The molecular formula is C14H22ClFN2. The summed E-state index contributed by atoms with van der Waals surface area (Å²) in [6, 6.07) is 7.35. The molecule has 1 aromatic carbocycles. The minimum atomic E-state index is 0.181. The van der Waals surface area contributed by atoms with Crippen molar-refractivity contribution in [2.45, 2.75) is 39.5 Å². The Kier molecular flexibility index (Phi) is 6.88. The lowest BCUT2D eigenvalue weighted by atomic mass is 10.2. The molecule has 4 heteroatoms. The number of benzene rings is 1. The number of unbranched alkanes of at least 4 members (excludes halogenated alkanes) is 2. The SMILES string of the molecule is CCCCN(CCCC)c1ccccc1N(F)Cl. The first-order valence-electron chi connectivity index (χ1n) is 6.66. The molecule has 0 aliphatic heterocycles. The topological polar surface area (TPSA) is 6.48 Å². The third-order valence-electron chi connectivity index (χ3n) is 2.97. The fourth-order valence-corrected chi connectivity index (χ4v) is 2.07. The summed E-state index contributed by atoms with van der Waals surface area (Å²) in [7, 11) is 0. The van der Waals surface area contributed by atoms with Crippen LogP contribution in [0, 0.1) is 0 Å². The molecule has 0 aliphatic carbocycles. The quantitative estimate of drug-likeness (QED) is 0.619. The maximum atomic E-state index is 13.3. The first kappa shape index (κ1) is 15.1. The van der Waals surface area contributed by atoms with Gasteiger partial charge in [0.1, 0.15) is 5.69 Å². The summed E-state index contributed by atoms with van der Waals surface area (Å²) in [4.78, 5) is 2.22. The number of para-hydroxylation sites is 2. The highest BCUT2D eigenvalue weighted by Crippen LogP contribution is 2.31. The van der Waals surface area contributed by atoms with Crippen LogP contribution in [-0.2, 0) is 0 Å². The Labute approximate surface area is 114 Å². The first-order chi connectivity index (χ1) is 8.70. The molecule has 1 aromatic rings. The third kappa shape index (κ3) is 4.37. The van der Waals surface area contributed by atoms with Crippen molar-refractivity contribution in [1.29, 1.82) is 0 Å². The summed E-state index contributed by atoms with van der Waals surface area (Å²) in [6.07, 6.45) is 4.47. The minimum Gasteiger partial charge on any atom is -0.370 e. The molecule has 0 N–H and O–H groups in total. The molecule has 0 bridgehead atoms. The molecule has 18 heavy (non-hydrogen) atoms. The Hall–Kier alpha value is -0.960. The van der Waals surface area contributed by atoms with Crippen LogP contribution in [0.1, 0.15) is 39.5 Å². The van der Waals surface area contributed by atoms with Crippen molar-refractivity contribution in [3.8, 4) is 0 Å². The van der Waals surface area contributed by atoms with Crippen LogP contribution in [0.4, 0.5) is 15.9 Å². The predicted molar refractivity (Wildman–Crippen MR) is 77.9 cm³/mol. The highest BCUT2D eigenvalue weighted by molar-refractivity contribution is 6.25. The number of anilines is 2. The van der Waals surface area contributed by atoms with Gasteiger partial charge in [0, 0.05) is 24.9 Å². The second-order valence-electron chi connectivity index (χ2n) is 4.42. The van der Waals surface area contributed by atoms with E-state index in [2.05, 4.69) is 18.7 Å². The van der Waals surface area contributed by atoms with E-state index in [9.17, 15) is 4.48 Å². The van der Waals surface area contributed by atoms with Crippen LogP contribution in [0.3, 0.4) is 0 Å². The highest BCUT2D eigenvalue weighted by Gasteiger charge is 2.14. The van der Waals surface area contributed by atoms with Gasteiger partial charge in [-0.25, -0.2) is 0 Å². The molecule has 0 fully saturated rings. The van der Waals surface area contributed by atoms with E-state index in [0.717, 1.165) is 44.5 Å². The molecule has 0 saturated heterocycles. The second-order valence-corrected chi connectivity index (χ2v) is 4.71. The molecule has 0 saturated carbocycles. The summed E-state index contributed by atoms with van der Waals surface area (Å²) in [5.74, 6) is 0. The standard InChI is InChI=1S/C14H22ClFN2/c1-3-5-11-17(12-6-4-2)13-9-7-8-10-14(13)18(15)16/h7-10H,3-6,11-12H2,1-2H3. The normalized spacial score (nSPS) is 10.4. The summed E-state index contributed by atoms with van der Waals surface area (Å²) in [5.41, 5.74) is 1.29.